The number of nitrogens with zero attached hydrogens (tertiary/aromatic N) is 3. The number of hydrogen-bond donors (Lipinski definition) is 2. The SMILES string of the molecule is Cc1nc(N[C@H](C)c2cccc(C(F)(F)[C@@H](C)O)c2F)c2cc(N3CC4(COC4)C3)c3c(c2n1)CCC3. The van der Waals surface area contributed by atoms with Gasteiger partial charge in [-0.05, 0) is 63.3 Å². The summed E-state index contributed by atoms with van der Waals surface area (Å²) in [6.07, 6.45) is 1.01. The molecule has 37 heavy (non-hydrogen) atoms. The van der Waals surface area contributed by atoms with Crippen molar-refractivity contribution in [1.29, 1.82) is 0 Å². The number of rotatable bonds is 6. The number of ether oxygens (including phenoxy) is 1. The molecule has 6 rings (SSSR count). The van der Waals surface area contributed by atoms with E-state index < -0.39 is 29.4 Å². The van der Waals surface area contributed by atoms with Crippen molar-refractivity contribution in [2.75, 3.05) is 36.5 Å². The van der Waals surface area contributed by atoms with Crippen LogP contribution < -0.4 is 10.2 Å². The van der Waals surface area contributed by atoms with Crippen LogP contribution in [0.15, 0.2) is 24.3 Å². The van der Waals surface area contributed by atoms with Crippen LogP contribution in [-0.2, 0) is 23.5 Å². The van der Waals surface area contributed by atoms with E-state index in [9.17, 15) is 13.9 Å². The molecule has 196 valence electrons. The number of anilines is 2. The largest absolute Gasteiger partial charge is 0.387 e. The first-order chi connectivity index (χ1) is 17.6. The Balaban J connectivity index is 1.39. The van der Waals surface area contributed by atoms with E-state index in [2.05, 4.69) is 21.3 Å². The molecular formula is C28H31F3N4O2. The van der Waals surface area contributed by atoms with Crippen molar-refractivity contribution < 1.29 is 23.0 Å². The normalized spacial score (nSPS) is 19.9. The van der Waals surface area contributed by atoms with Crippen LogP contribution in [0.25, 0.3) is 10.9 Å². The highest BCUT2D eigenvalue weighted by Crippen LogP contribution is 2.46. The Morgan fingerprint density at radius 2 is 1.86 bits per heavy atom. The lowest BCUT2D eigenvalue weighted by Gasteiger charge is -2.56. The number of aliphatic hydroxyl groups excluding tert-OH is 1. The number of alkyl halides is 2. The molecule has 3 aliphatic rings. The Bertz CT molecular complexity index is 1380. The molecule has 0 unspecified atom stereocenters. The van der Waals surface area contributed by atoms with Gasteiger partial charge in [-0.25, -0.2) is 14.4 Å². The van der Waals surface area contributed by atoms with Gasteiger partial charge in [-0.15, -0.1) is 0 Å². The number of halogens is 3. The Morgan fingerprint density at radius 3 is 2.54 bits per heavy atom. The fourth-order valence-electron chi connectivity index (χ4n) is 6.01. The molecule has 0 bridgehead atoms. The lowest BCUT2D eigenvalue weighted by molar-refractivity contribution is -0.127. The predicted molar refractivity (Wildman–Crippen MR) is 136 cm³/mol. The van der Waals surface area contributed by atoms with Crippen LogP contribution in [0, 0.1) is 18.2 Å². The first-order valence-corrected chi connectivity index (χ1v) is 12.9. The van der Waals surface area contributed by atoms with E-state index >= 15 is 4.39 Å². The van der Waals surface area contributed by atoms with Crippen molar-refractivity contribution in [2.45, 2.75) is 58.1 Å². The second kappa shape index (κ2) is 8.56. The van der Waals surface area contributed by atoms with Crippen LogP contribution in [0.2, 0.25) is 0 Å². The minimum absolute atomic E-state index is 0.0818. The summed E-state index contributed by atoms with van der Waals surface area (Å²) in [7, 11) is 0. The lowest BCUT2D eigenvalue weighted by atomic mass is 9.77. The van der Waals surface area contributed by atoms with Crippen molar-refractivity contribution >= 4 is 22.4 Å². The first-order valence-electron chi connectivity index (χ1n) is 12.9. The molecule has 2 fully saturated rings. The molecule has 2 aromatic carbocycles. The molecule has 2 atom stereocenters. The third kappa shape index (κ3) is 3.85. The molecule has 2 N–H and O–H groups in total. The van der Waals surface area contributed by atoms with E-state index in [1.165, 1.54) is 28.9 Å². The average molecular weight is 513 g/mol. The number of hydrogen-bond acceptors (Lipinski definition) is 6. The van der Waals surface area contributed by atoms with E-state index in [0.29, 0.717) is 11.6 Å². The molecule has 0 amide bonds. The van der Waals surface area contributed by atoms with E-state index in [0.717, 1.165) is 69.5 Å². The summed E-state index contributed by atoms with van der Waals surface area (Å²) in [5.41, 5.74) is 4.22. The number of aromatic nitrogens is 2. The number of aryl methyl sites for hydroxylation is 2. The van der Waals surface area contributed by atoms with Gasteiger partial charge in [0.05, 0.1) is 35.8 Å². The van der Waals surface area contributed by atoms with E-state index in [4.69, 9.17) is 9.72 Å². The number of fused-ring (bicyclic) bond motifs is 3. The van der Waals surface area contributed by atoms with Gasteiger partial charge in [0.1, 0.15) is 23.6 Å². The van der Waals surface area contributed by atoms with Crippen LogP contribution in [0.3, 0.4) is 0 Å². The number of nitrogens with one attached hydrogen (secondary N) is 1. The Kier molecular flexibility index (Phi) is 5.65. The molecule has 6 nitrogen and oxygen atoms in total. The van der Waals surface area contributed by atoms with Gasteiger partial charge in [0.15, 0.2) is 0 Å². The maximum absolute atomic E-state index is 15.3. The Hall–Kier alpha value is -2.91. The molecule has 3 heterocycles. The second-order valence-electron chi connectivity index (χ2n) is 10.9. The van der Waals surface area contributed by atoms with E-state index in [1.54, 1.807) is 6.92 Å². The minimum Gasteiger partial charge on any atom is -0.387 e. The molecule has 0 saturated carbocycles. The van der Waals surface area contributed by atoms with Gasteiger partial charge in [0, 0.05) is 29.7 Å². The van der Waals surface area contributed by atoms with Crippen molar-refractivity contribution in [2.24, 2.45) is 5.41 Å². The summed E-state index contributed by atoms with van der Waals surface area (Å²) in [6, 6.07) is 5.37. The summed E-state index contributed by atoms with van der Waals surface area (Å²) in [5.74, 6) is -3.58. The summed E-state index contributed by atoms with van der Waals surface area (Å²) in [5, 5.41) is 13.7. The molecule has 3 aromatic rings. The molecule has 9 heteroatoms. The third-order valence-electron chi connectivity index (χ3n) is 8.09. The number of aliphatic hydroxyl groups is 1. The molecule has 2 aliphatic heterocycles. The topological polar surface area (TPSA) is 70.5 Å². The fourth-order valence-corrected chi connectivity index (χ4v) is 6.01. The summed E-state index contributed by atoms with van der Waals surface area (Å²) < 4.78 is 49.8. The highest BCUT2D eigenvalue weighted by atomic mass is 19.3. The zero-order chi connectivity index (χ0) is 26.1. The molecule has 0 radical (unpaired) electrons. The molecule has 1 aromatic heterocycles. The van der Waals surface area contributed by atoms with Crippen LogP contribution in [-0.4, -0.2) is 47.5 Å². The zero-order valence-corrected chi connectivity index (χ0v) is 21.2. The first kappa shape index (κ1) is 24.4. The van der Waals surface area contributed by atoms with E-state index in [1.807, 2.05) is 6.92 Å². The predicted octanol–water partition coefficient (Wildman–Crippen LogP) is 5.05. The van der Waals surface area contributed by atoms with Crippen molar-refractivity contribution in [1.82, 2.24) is 9.97 Å². The van der Waals surface area contributed by atoms with Crippen molar-refractivity contribution in [3.05, 3.63) is 58.2 Å². The van der Waals surface area contributed by atoms with Gasteiger partial charge in [0.25, 0.3) is 0 Å². The molecule has 2 saturated heterocycles. The van der Waals surface area contributed by atoms with Gasteiger partial charge in [-0.1, -0.05) is 12.1 Å². The molecule has 1 aliphatic carbocycles. The van der Waals surface area contributed by atoms with Crippen LogP contribution in [0.4, 0.5) is 24.7 Å². The second-order valence-corrected chi connectivity index (χ2v) is 10.9. The molecular weight excluding hydrogens is 481 g/mol. The maximum atomic E-state index is 15.3. The quantitative estimate of drug-likeness (QED) is 0.482. The van der Waals surface area contributed by atoms with Gasteiger partial charge >= 0.3 is 5.92 Å². The zero-order valence-electron chi connectivity index (χ0n) is 21.2. The summed E-state index contributed by atoms with van der Waals surface area (Å²) in [6.45, 7) is 8.05. The van der Waals surface area contributed by atoms with Gasteiger partial charge in [-0.3, -0.25) is 0 Å². The highest BCUT2D eigenvalue weighted by molar-refractivity contribution is 5.96. The highest BCUT2D eigenvalue weighted by Gasteiger charge is 2.49. The Morgan fingerprint density at radius 1 is 1.14 bits per heavy atom. The third-order valence-corrected chi connectivity index (χ3v) is 8.09. The monoisotopic (exact) mass is 512 g/mol. The van der Waals surface area contributed by atoms with Crippen LogP contribution in [0.5, 0.6) is 0 Å². The van der Waals surface area contributed by atoms with Gasteiger partial charge in [-0.2, -0.15) is 8.78 Å². The van der Waals surface area contributed by atoms with E-state index in [-0.39, 0.29) is 11.0 Å². The van der Waals surface area contributed by atoms with Crippen molar-refractivity contribution in [3.8, 4) is 0 Å². The smallest absolute Gasteiger partial charge is 0.301 e. The fraction of sp³-hybridized carbons (Fsp3) is 0.500. The maximum Gasteiger partial charge on any atom is 0.301 e. The van der Waals surface area contributed by atoms with Gasteiger partial charge < -0.3 is 20.1 Å². The Labute approximate surface area is 213 Å². The average Bonchev–Trinajstić information content (AvgIpc) is 3.28. The van der Waals surface area contributed by atoms with Gasteiger partial charge in [0.2, 0.25) is 0 Å². The summed E-state index contributed by atoms with van der Waals surface area (Å²) in [4.78, 5) is 11.8. The van der Waals surface area contributed by atoms with Crippen LogP contribution in [0.1, 0.15) is 54.4 Å². The van der Waals surface area contributed by atoms with Crippen LogP contribution >= 0.6 is 0 Å². The lowest BCUT2D eigenvalue weighted by Crippen LogP contribution is -2.66. The van der Waals surface area contributed by atoms with Crippen molar-refractivity contribution in [3.63, 3.8) is 0 Å². The molecule has 1 spiro atoms. The standard InChI is InChI=1S/C28H31F3N4O2/c1-15(18-6-5-9-22(24(18)29)28(30,31)16(2)36)32-26-21-10-23(35-11-27(12-35)13-37-14-27)19-7-4-8-20(19)25(21)33-17(3)34-26/h5-6,9-10,15-16,36H,4,7-8,11-14H2,1-3H3,(H,32,33,34)/t15-,16-/m1/s1. The minimum atomic E-state index is -3.70. The number of benzene rings is 2. The summed E-state index contributed by atoms with van der Waals surface area (Å²) >= 11 is 0.